The Labute approximate surface area is 95.4 Å². The van der Waals surface area contributed by atoms with E-state index in [1.165, 1.54) is 25.7 Å². The Morgan fingerprint density at radius 3 is 2.80 bits per heavy atom. The highest BCUT2D eigenvalue weighted by Crippen LogP contribution is 2.21. The molecule has 0 amide bonds. The van der Waals surface area contributed by atoms with Gasteiger partial charge in [0.1, 0.15) is 5.78 Å². The molecule has 0 spiro atoms. The van der Waals surface area contributed by atoms with Gasteiger partial charge in [-0.2, -0.15) is 0 Å². The zero-order chi connectivity index (χ0) is 11.3. The molecular weight excluding hydrogens is 185 g/mol. The van der Waals surface area contributed by atoms with Crippen LogP contribution in [0.5, 0.6) is 0 Å². The number of nitrogens with one attached hydrogen (secondary N) is 1. The molecule has 6 heteroatoms. The zero-order valence-corrected chi connectivity index (χ0v) is 10.3. The normalized spacial score (nSPS) is 26.5. The van der Waals surface area contributed by atoms with E-state index in [-0.39, 0.29) is 5.78 Å². The van der Waals surface area contributed by atoms with Crippen molar-refractivity contribution in [2.75, 3.05) is 6.54 Å². The molecule has 0 aromatic rings. The first-order chi connectivity index (χ1) is 7.15. The lowest BCUT2D eigenvalue weighted by atomic mass is 9.65. The van der Waals surface area contributed by atoms with Gasteiger partial charge in [0.25, 0.3) is 0 Å². The Morgan fingerprint density at radius 1 is 1.53 bits per heavy atom. The molecule has 1 aliphatic carbocycles. The van der Waals surface area contributed by atoms with Crippen LogP contribution in [0.25, 0.3) is 0 Å². The zero-order valence-electron chi connectivity index (χ0n) is 10.3. The molecule has 0 bridgehead atoms. The molecule has 0 aliphatic heterocycles. The third-order valence-electron chi connectivity index (χ3n) is 3.23. The topological polar surface area (TPSA) is 32.3 Å². The minimum absolute atomic E-state index is 0.262. The molecule has 3 nitrogen and oxygen atoms in total. The van der Waals surface area contributed by atoms with Crippen molar-refractivity contribution < 1.29 is 4.79 Å². The predicted octanol–water partition coefficient (Wildman–Crippen LogP) is -1.77. The Balaban J connectivity index is 2.50. The fourth-order valence-electron chi connectivity index (χ4n) is 2.61. The van der Waals surface area contributed by atoms with Crippen LogP contribution < -0.4 is 5.23 Å². The van der Waals surface area contributed by atoms with Crippen LogP contribution in [-0.4, -0.2) is 52.2 Å². The second-order valence-corrected chi connectivity index (χ2v) is 4.63. The van der Waals surface area contributed by atoms with Crippen molar-refractivity contribution >= 4 is 28.8 Å². The molecule has 1 N–H and O–H groups in total. The van der Waals surface area contributed by atoms with Gasteiger partial charge in [0.05, 0.1) is 7.74 Å². The Morgan fingerprint density at radius 2 is 2.20 bits per heavy atom. The van der Waals surface area contributed by atoms with Crippen molar-refractivity contribution in [3.05, 3.63) is 0 Å². The first-order valence-electron chi connectivity index (χ1n) is 6.08. The number of carbonyl (C=O) groups excluding carboxylic acids is 1. The van der Waals surface area contributed by atoms with Crippen LogP contribution in [0.1, 0.15) is 32.6 Å². The highest BCUT2D eigenvalue weighted by molar-refractivity contribution is 6.87. The summed E-state index contributed by atoms with van der Waals surface area (Å²) in [5.41, 5.74) is 0. The molecule has 1 rings (SSSR count). The second-order valence-electron chi connectivity index (χ2n) is 4.63. The number of ketones is 1. The lowest BCUT2D eigenvalue weighted by Gasteiger charge is -2.38. The highest BCUT2D eigenvalue weighted by Gasteiger charge is 2.27. The Hall–Kier alpha value is -0.215. The molecular formula is C9H21B3N2O. The van der Waals surface area contributed by atoms with E-state index in [9.17, 15) is 4.79 Å². The van der Waals surface area contributed by atoms with Crippen molar-refractivity contribution in [2.45, 2.75) is 44.7 Å². The van der Waals surface area contributed by atoms with E-state index in [0.717, 1.165) is 7.31 Å². The Bertz CT molecular complexity index is 214. The SMILES string of the molecule is BBNC1CCCCC1N(B)CC(C)=O. The number of carbonyl (C=O) groups is 1. The summed E-state index contributed by atoms with van der Waals surface area (Å²) in [6, 6.07) is 1.12. The van der Waals surface area contributed by atoms with Gasteiger partial charge in [-0.15, -0.1) is 0 Å². The van der Waals surface area contributed by atoms with E-state index in [4.69, 9.17) is 0 Å². The molecule has 0 aromatic heterocycles. The minimum atomic E-state index is 0.262. The third-order valence-corrected chi connectivity index (χ3v) is 3.23. The van der Waals surface area contributed by atoms with Gasteiger partial charge in [-0.1, -0.05) is 12.8 Å². The summed E-state index contributed by atoms with van der Waals surface area (Å²) in [4.78, 5) is 13.3. The maximum absolute atomic E-state index is 11.1. The molecule has 1 fully saturated rings. The molecule has 1 saturated carbocycles. The average Bonchev–Trinajstić information content (AvgIpc) is 2.18. The van der Waals surface area contributed by atoms with E-state index in [2.05, 4.69) is 25.8 Å². The summed E-state index contributed by atoms with van der Waals surface area (Å²) in [5, 5.41) is 3.54. The second kappa shape index (κ2) is 6.39. The highest BCUT2D eigenvalue weighted by atomic mass is 16.1. The van der Waals surface area contributed by atoms with Crippen molar-refractivity contribution in [1.29, 1.82) is 0 Å². The number of hydrogen-bond donors (Lipinski definition) is 1. The summed E-state index contributed by atoms with van der Waals surface area (Å²) >= 11 is 0. The van der Waals surface area contributed by atoms with Crippen molar-refractivity contribution in [3.63, 3.8) is 0 Å². The molecule has 1 aliphatic rings. The standard InChI is InChI=1S/C9H21B3N2O/c1-7(15)6-14(11)9-5-3-2-4-8(9)13-12-10/h8-9,12-13H,2-6,10-11H2,1H3. The molecule has 0 aromatic carbocycles. The van der Waals surface area contributed by atoms with Crippen LogP contribution >= 0.6 is 0 Å². The smallest absolute Gasteiger partial charge is 0.186 e. The van der Waals surface area contributed by atoms with Crippen molar-refractivity contribution in [1.82, 2.24) is 10.0 Å². The molecule has 0 heterocycles. The van der Waals surface area contributed by atoms with E-state index in [1.807, 2.05) is 0 Å². The maximum Gasteiger partial charge on any atom is 0.186 e. The van der Waals surface area contributed by atoms with Gasteiger partial charge in [-0.25, -0.2) is 0 Å². The molecule has 2 atom stereocenters. The minimum Gasteiger partial charge on any atom is -0.362 e. The monoisotopic (exact) mass is 206 g/mol. The number of Topliss-reactive ketones (excluding diaryl/α,β-unsaturated/α-hetero) is 1. The maximum atomic E-state index is 11.1. The summed E-state index contributed by atoms with van der Waals surface area (Å²) in [7, 11) is 5.24. The van der Waals surface area contributed by atoms with E-state index >= 15 is 0 Å². The van der Waals surface area contributed by atoms with Crippen LogP contribution in [0.4, 0.5) is 0 Å². The molecule has 15 heavy (non-hydrogen) atoms. The fourth-order valence-corrected chi connectivity index (χ4v) is 2.61. The number of nitrogens with zero attached hydrogens (tertiary/aromatic N) is 1. The van der Waals surface area contributed by atoms with Crippen molar-refractivity contribution in [2.24, 2.45) is 0 Å². The number of hydrogen-bond acceptors (Lipinski definition) is 3. The van der Waals surface area contributed by atoms with E-state index in [0.29, 0.717) is 18.6 Å². The summed E-state index contributed by atoms with van der Waals surface area (Å²) < 4.78 is 0. The first kappa shape index (κ1) is 12.9. The predicted molar refractivity (Wildman–Crippen MR) is 70.8 cm³/mol. The largest absolute Gasteiger partial charge is 0.362 e. The van der Waals surface area contributed by atoms with Gasteiger partial charge < -0.3 is 10.0 Å². The molecule has 82 valence electrons. The van der Waals surface area contributed by atoms with Crippen LogP contribution in [0.3, 0.4) is 0 Å². The third kappa shape index (κ3) is 4.03. The van der Waals surface area contributed by atoms with Gasteiger partial charge in [0.15, 0.2) is 15.3 Å². The van der Waals surface area contributed by atoms with Crippen molar-refractivity contribution in [3.8, 4) is 0 Å². The Kier molecular flexibility index (Phi) is 5.47. The van der Waals surface area contributed by atoms with Crippen LogP contribution in [0.15, 0.2) is 0 Å². The van der Waals surface area contributed by atoms with E-state index in [1.54, 1.807) is 6.92 Å². The summed E-state index contributed by atoms with van der Waals surface area (Å²) in [6.07, 6.45) is 5.10. The van der Waals surface area contributed by atoms with Gasteiger partial charge >= 0.3 is 0 Å². The lowest BCUT2D eigenvalue weighted by molar-refractivity contribution is -0.117. The molecule has 0 saturated heterocycles. The quantitative estimate of drug-likeness (QED) is 0.539. The van der Waals surface area contributed by atoms with Crippen LogP contribution in [-0.2, 0) is 4.79 Å². The van der Waals surface area contributed by atoms with Gasteiger partial charge in [-0.05, 0) is 19.8 Å². The first-order valence-corrected chi connectivity index (χ1v) is 6.08. The van der Waals surface area contributed by atoms with Gasteiger partial charge in [0.2, 0.25) is 0 Å². The molecule has 2 unspecified atom stereocenters. The average molecular weight is 206 g/mol. The fraction of sp³-hybridized carbons (Fsp3) is 0.889. The summed E-state index contributed by atoms with van der Waals surface area (Å²) in [5.74, 6) is 0.262. The van der Waals surface area contributed by atoms with Crippen LogP contribution in [0.2, 0.25) is 0 Å². The van der Waals surface area contributed by atoms with Gasteiger partial charge in [0, 0.05) is 18.6 Å². The lowest BCUT2D eigenvalue weighted by Crippen LogP contribution is -2.53. The van der Waals surface area contributed by atoms with Crippen LogP contribution in [0, 0.1) is 0 Å². The summed E-state index contributed by atoms with van der Waals surface area (Å²) in [6.45, 7) is 2.26. The molecule has 0 radical (unpaired) electrons. The van der Waals surface area contributed by atoms with E-state index < -0.39 is 0 Å². The van der Waals surface area contributed by atoms with Gasteiger partial charge in [-0.3, -0.25) is 4.79 Å². The number of rotatable bonds is 5.